The molecule has 1 fully saturated rings. The maximum atomic E-state index is 13.2. The molecule has 1 aromatic carbocycles. The molecule has 4 rings (SSSR count). The van der Waals surface area contributed by atoms with Crippen LogP contribution in [0.15, 0.2) is 34.9 Å². The summed E-state index contributed by atoms with van der Waals surface area (Å²) >= 11 is 0. The van der Waals surface area contributed by atoms with Crippen molar-refractivity contribution in [3.05, 3.63) is 47.3 Å². The highest BCUT2D eigenvalue weighted by Gasteiger charge is 2.29. The summed E-state index contributed by atoms with van der Waals surface area (Å²) in [5, 5.41) is 13.3. The van der Waals surface area contributed by atoms with Gasteiger partial charge >= 0.3 is 5.97 Å². The van der Waals surface area contributed by atoms with E-state index in [0.717, 1.165) is 18.5 Å². The number of carboxylic acid groups (broad SMARTS) is 1. The monoisotopic (exact) mass is 381 g/mol. The summed E-state index contributed by atoms with van der Waals surface area (Å²) in [5.74, 6) is -0.449. The van der Waals surface area contributed by atoms with Crippen LogP contribution in [-0.2, 0) is 4.79 Å². The molecule has 2 aromatic heterocycles. The van der Waals surface area contributed by atoms with Crippen LogP contribution in [0.4, 0.5) is 5.69 Å². The Balaban J connectivity index is 1.63. The third kappa shape index (κ3) is 3.40. The van der Waals surface area contributed by atoms with Gasteiger partial charge in [0.1, 0.15) is 5.75 Å². The Hall–Kier alpha value is -3.42. The van der Waals surface area contributed by atoms with E-state index < -0.39 is 12.6 Å². The summed E-state index contributed by atoms with van der Waals surface area (Å²) in [7, 11) is 1.68. The number of rotatable bonds is 6. The Morgan fingerprint density at radius 3 is 2.64 bits per heavy atom. The summed E-state index contributed by atoms with van der Waals surface area (Å²) in [5.41, 5.74) is 3.03. The van der Waals surface area contributed by atoms with Crippen LogP contribution in [-0.4, -0.2) is 40.8 Å². The minimum atomic E-state index is -1.05. The number of aryl methyl sites for hydroxylation is 1. The van der Waals surface area contributed by atoms with E-state index in [1.165, 1.54) is 4.90 Å². The maximum absolute atomic E-state index is 13.2. The van der Waals surface area contributed by atoms with E-state index in [-0.39, 0.29) is 5.91 Å². The van der Waals surface area contributed by atoms with E-state index >= 15 is 0 Å². The number of hydrogen-bond donors (Lipinski definition) is 1. The van der Waals surface area contributed by atoms with Gasteiger partial charge in [-0.15, -0.1) is 0 Å². The van der Waals surface area contributed by atoms with Crippen molar-refractivity contribution in [2.45, 2.75) is 25.7 Å². The summed E-state index contributed by atoms with van der Waals surface area (Å²) in [6.07, 6.45) is 2.12. The average molecular weight is 381 g/mol. The van der Waals surface area contributed by atoms with Gasteiger partial charge in [-0.3, -0.25) is 4.79 Å². The molecule has 144 valence electrons. The maximum Gasteiger partial charge on any atom is 0.341 e. The van der Waals surface area contributed by atoms with Crippen LogP contribution in [0.5, 0.6) is 5.75 Å². The number of carboxylic acids is 1. The molecule has 0 unspecified atom stereocenters. The zero-order valence-electron chi connectivity index (χ0n) is 15.5. The fraction of sp³-hybridized carbons (Fsp3) is 0.300. The number of amides is 1. The molecule has 1 amide bonds. The molecule has 0 bridgehead atoms. The topological polar surface area (TPSA) is 106 Å². The molecule has 0 radical (unpaired) electrons. The van der Waals surface area contributed by atoms with Gasteiger partial charge in [0.15, 0.2) is 6.61 Å². The van der Waals surface area contributed by atoms with Gasteiger partial charge in [-0.25, -0.2) is 9.78 Å². The molecule has 0 saturated heterocycles. The molecule has 1 saturated carbocycles. The highest BCUT2D eigenvalue weighted by Crippen LogP contribution is 2.40. The molecule has 1 N–H and O–H groups in total. The first-order valence-corrected chi connectivity index (χ1v) is 8.93. The van der Waals surface area contributed by atoms with Gasteiger partial charge in [0.25, 0.3) is 11.6 Å². The van der Waals surface area contributed by atoms with Gasteiger partial charge < -0.3 is 19.3 Å². The van der Waals surface area contributed by atoms with E-state index in [1.807, 2.05) is 6.07 Å². The van der Waals surface area contributed by atoms with Crippen molar-refractivity contribution in [2.24, 2.45) is 0 Å². The van der Waals surface area contributed by atoms with Crippen molar-refractivity contribution in [3.8, 4) is 5.75 Å². The molecule has 28 heavy (non-hydrogen) atoms. The van der Waals surface area contributed by atoms with Crippen molar-refractivity contribution >= 4 is 28.7 Å². The molecule has 3 aromatic rings. The quantitative estimate of drug-likeness (QED) is 0.699. The van der Waals surface area contributed by atoms with Crippen LogP contribution in [0, 0.1) is 6.92 Å². The van der Waals surface area contributed by atoms with Crippen molar-refractivity contribution < 1.29 is 24.0 Å². The Labute approximate surface area is 160 Å². The van der Waals surface area contributed by atoms with Gasteiger partial charge in [-0.2, -0.15) is 0 Å². The number of carbonyl (C=O) groups is 2. The van der Waals surface area contributed by atoms with E-state index in [2.05, 4.69) is 10.1 Å². The van der Waals surface area contributed by atoms with Gasteiger partial charge in [0.05, 0.1) is 16.6 Å². The number of anilines is 1. The Morgan fingerprint density at radius 2 is 2.00 bits per heavy atom. The molecule has 1 aliphatic rings. The van der Waals surface area contributed by atoms with Crippen molar-refractivity contribution in [1.82, 2.24) is 10.1 Å². The van der Waals surface area contributed by atoms with Crippen LogP contribution in [0.3, 0.4) is 0 Å². The van der Waals surface area contributed by atoms with Crippen LogP contribution in [0.25, 0.3) is 11.1 Å². The third-order valence-electron chi connectivity index (χ3n) is 4.75. The average Bonchev–Trinajstić information content (AvgIpc) is 3.48. The summed E-state index contributed by atoms with van der Waals surface area (Å²) in [6, 6.07) is 8.51. The van der Waals surface area contributed by atoms with Gasteiger partial charge in [0.2, 0.25) is 0 Å². The third-order valence-corrected chi connectivity index (χ3v) is 4.75. The molecule has 0 aliphatic heterocycles. The number of nitrogens with zero attached hydrogens (tertiary/aromatic N) is 3. The number of aliphatic carboxylic acids is 1. The van der Waals surface area contributed by atoms with E-state index in [1.54, 1.807) is 38.2 Å². The van der Waals surface area contributed by atoms with Crippen LogP contribution >= 0.6 is 0 Å². The lowest BCUT2D eigenvalue weighted by atomic mass is 10.1. The largest absolute Gasteiger partial charge is 0.482 e. The first kappa shape index (κ1) is 18.0. The number of carbonyl (C=O) groups excluding carboxylic acids is 1. The number of ether oxygens (including phenoxy) is 1. The van der Waals surface area contributed by atoms with E-state index in [0.29, 0.717) is 39.7 Å². The SMILES string of the molecule is Cc1noc2nc(C3CC3)cc(C(=O)N(C)c3ccc(OCC(=O)O)cc3)c12. The predicted molar refractivity (Wildman–Crippen MR) is 101 cm³/mol. The molecule has 0 atom stereocenters. The highest BCUT2D eigenvalue weighted by atomic mass is 16.5. The Bertz CT molecular complexity index is 1050. The molecular formula is C20H19N3O5. The van der Waals surface area contributed by atoms with Crippen molar-refractivity contribution in [1.29, 1.82) is 0 Å². The summed E-state index contributed by atoms with van der Waals surface area (Å²) in [4.78, 5) is 29.9. The minimum Gasteiger partial charge on any atom is -0.482 e. The molecule has 8 nitrogen and oxygen atoms in total. The second-order valence-corrected chi connectivity index (χ2v) is 6.86. The first-order valence-electron chi connectivity index (χ1n) is 8.93. The number of hydrogen-bond acceptors (Lipinski definition) is 6. The van der Waals surface area contributed by atoms with Crippen molar-refractivity contribution in [3.63, 3.8) is 0 Å². The Morgan fingerprint density at radius 1 is 1.29 bits per heavy atom. The number of benzene rings is 1. The second kappa shape index (κ2) is 6.95. The molecular weight excluding hydrogens is 362 g/mol. The zero-order chi connectivity index (χ0) is 19.8. The smallest absolute Gasteiger partial charge is 0.341 e. The molecule has 8 heteroatoms. The van der Waals surface area contributed by atoms with Gasteiger partial charge in [0, 0.05) is 24.3 Å². The van der Waals surface area contributed by atoms with E-state index in [9.17, 15) is 9.59 Å². The predicted octanol–water partition coefficient (Wildman–Crippen LogP) is 3.15. The van der Waals surface area contributed by atoms with Crippen molar-refractivity contribution in [2.75, 3.05) is 18.6 Å². The zero-order valence-corrected chi connectivity index (χ0v) is 15.5. The minimum absolute atomic E-state index is 0.195. The fourth-order valence-corrected chi connectivity index (χ4v) is 3.08. The Kier molecular flexibility index (Phi) is 4.46. The van der Waals surface area contributed by atoms with Gasteiger partial charge in [-0.1, -0.05) is 5.16 Å². The summed E-state index contributed by atoms with van der Waals surface area (Å²) in [6.45, 7) is 1.37. The van der Waals surface area contributed by atoms with Crippen LogP contribution < -0.4 is 9.64 Å². The van der Waals surface area contributed by atoms with Gasteiger partial charge in [-0.05, 0) is 50.1 Å². The lowest BCUT2D eigenvalue weighted by Crippen LogP contribution is -2.26. The lowest BCUT2D eigenvalue weighted by Gasteiger charge is -2.18. The number of fused-ring (bicyclic) bond motifs is 1. The normalized spacial score (nSPS) is 13.5. The first-order chi connectivity index (χ1) is 13.4. The fourth-order valence-electron chi connectivity index (χ4n) is 3.08. The van der Waals surface area contributed by atoms with Crippen LogP contribution in [0.2, 0.25) is 0 Å². The standard InChI is InChI=1S/C20H19N3O5/c1-11-18-15(9-16(12-3-4-12)21-19(18)28-22-11)20(26)23(2)13-5-7-14(8-6-13)27-10-17(24)25/h5-9,12H,3-4,10H2,1-2H3,(H,24,25). The molecule has 0 spiro atoms. The highest BCUT2D eigenvalue weighted by molar-refractivity contribution is 6.13. The summed E-state index contributed by atoms with van der Waals surface area (Å²) < 4.78 is 10.4. The molecule has 2 heterocycles. The number of aromatic nitrogens is 2. The lowest BCUT2D eigenvalue weighted by molar-refractivity contribution is -0.139. The van der Waals surface area contributed by atoms with E-state index in [4.69, 9.17) is 14.4 Å². The molecule has 1 aliphatic carbocycles. The number of pyridine rings is 1. The second-order valence-electron chi connectivity index (χ2n) is 6.86. The van der Waals surface area contributed by atoms with Crippen LogP contribution in [0.1, 0.15) is 40.5 Å².